The van der Waals surface area contributed by atoms with Crippen LogP contribution in [0.25, 0.3) is 0 Å². The molecule has 0 bridgehead atoms. The standard InChI is InChI=1S/C21H22F3NO3S/c1-14-13-16(5-8-18(14)27-11-12-29-2)25-10-9-19(20(25)26)28-17-6-3-15(4-7-17)21(22,23)24/h3-8,13,19H,9-12H2,1-2H3. The summed E-state index contributed by atoms with van der Waals surface area (Å²) in [4.78, 5) is 14.4. The third-order valence-electron chi connectivity index (χ3n) is 4.63. The van der Waals surface area contributed by atoms with E-state index in [1.807, 2.05) is 31.4 Å². The van der Waals surface area contributed by atoms with E-state index in [1.165, 1.54) is 12.1 Å². The van der Waals surface area contributed by atoms with Crippen LogP contribution in [0.2, 0.25) is 0 Å². The molecule has 1 aliphatic rings. The van der Waals surface area contributed by atoms with Crippen LogP contribution in [0.1, 0.15) is 17.5 Å². The number of carbonyl (C=O) groups is 1. The van der Waals surface area contributed by atoms with Gasteiger partial charge >= 0.3 is 6.18 Å². The van der Waals surface area contributed by atoms with Crippen molar-refractivity contribution in [3.8, 4) is 11.5 Å². The first-order valence-electron chi connectivity index (χ1n) is 9.17. The Balaban J connectivity index is 1.64. The first-order valence-corrected chi connectivity index (χ1v) is 10.6. The van der Waals surface area contributed by atoms with Crippen molar-refractivity contribution in [2.24, 2.45) is 0 Å². The number of alkyl halides is 3. The van der Waals surface area contributed by atoms with Crippen LogP contribution in [0.3, 0.4) is 0 Å². The largest absolute Gasteiger partial charge is 0.492 e. The van der Waals surface area contributed by atoms with E-state index >= 15 is 0 Å². The van der Waals surface area contributed by atoms with Gasteiger partial charge in [0.05, 0.1) is 12.2 Å². The third-order valence-corrected chi connectivity index (χ3v) is 5.21. The highest BCUT2D eigenvalue weighted by atomic mass is 32.2. The van der Waals surface area contributed by atoms with Gasteiger partial charge in [-0.2, -0.15) is 24.9 Å². The lowest BCUT2D eigenvalue weighted by Crippen LogP contribution is -2.32. The number of hydrogen-bond donors (Lipinski definition) is 0. The van der Waals surface area contributed by atoms with Gasteiger partial charge in [-0.05, 0) is 61.2 Å². The second-order valence-corrected chi connectivity index (χ2v) is 7.68. The van der Waals surface area contributed by atoms with Gasteiger partial charge in [-0.3, -0.25) is 4.79 Å². The molecule has 1 atom stereocenters. The Kier molecular flexibility index (Phi) is 6.62. The van der Waals surface area contributed by atoms with Crippen molar-refractivity contribution < 1.29 is 27.4 Å². The van der Waals surface area contributed by atoms with Crippen molar-refractivity contribution in [1.29, 1.82) is 0 Å². The van der Waals surface area contributed by atoms with Crippen LogP contribution >= 0.6 is 11.8 Å². The lowest BCUT2D eigenvalue weighted by Gasteiger charge is -2.19. The van der Waals surface area contributed by atoms with Gasteiger partial charge in [-0.25, -0.2) is 0 Å². The summed E-state index contributed by atoms with van der Waals surface area (Å²) in [6, 6.07) is 9.96. The number of rotatable bonds is 7. The van der Waals surface area contributed by atoms with Gasteiger partial charge in [0.15, 0.2) is 6.10 Å². The zero-order valence-electron chi connectivity index (χ0n) is 16.2. The number of thioether (sulfide) groups is 1. The zero-order chi connectivity index (χ0) is 21.0. The minimum atomic E-state index is -4.40. The smallest absolute Gasteiger partial charge is 0.416 e. The molecule has 0 aliphatic carbocycles. The SMILES string of the molecule is CSCCOc1ccc(N2CCC(Oc3ccc(C(F)(F)F)cc3)C2=O)cc1C. The van der Waals surface area contributed by atoms with Gasteiger partial charge in [-0.1, -0.05) is 0 Å². The van der Waals surface area contributed by atoms with E-state index in [0.29, 0.717) is 19.6 Å². The summed E-state index contributed by atoms with van der Waals surface area (Å²) in [5.41, 5.74) is 0.936. The van der Waals surface area contributed by atoms with Crippen molar-refractivity contribution in [2.75, 3.05) is 30.1 Å². The molecule has 0 radical (unpaired) electrons. The Bertz CT molecular complexity index is 855. The third kappa shape index (κ3) is 5.18. The predicted octanol–water partition coefficient (Wildman–Crippen LogP) is 4.94. The summed E-state index contributed by atoms with van der Waals surface area (Å²) in [5.74, 6) is 1.72. The van der Waals surface area contributed by atoms with Crippen molar-refractivity contribution >= 4 is 23.4 Å². The molecule has 0 spiro atoms. The van der Waals surface area contributed by atoms with Crippen molar-refractivity contribution in [3.05, 3.63) is 53.6 Å². The lowest BCUT2D eigenvalue weighted by molar-refractivity contribution is -0.137. The molecule has 0 N–H and O–H groups in total. The molecule has 1 fully saturated rings. The number of aryl methyl sites for hydroxylation is 1. The van der Waals surface area contributed by atoms with E-state index in [2.05, 4.69) is 0 Å². The molecule has 3 rings (SSSR count). The number of halogens is 3. The second kappa shape index (κ2) is 8.98. The normalized spacial score (nSPS) is 16.9. The summed E-state index contributed by atoms with van der Waals surface area (Å²) in [7, 11) is 0. The van der Waals surface area contributed by atoms with Crippen LogP contribution in [0, 0.1) is 6.92 Å². The summed E-state index contributed by atoms with van der Waals surface area (Å²) < 4.78 is 49.4. The molecular formula is C21H22F3NO3S. The maximum Gasteiger partial charge on any atom is 0.416 e. The van der Waals surface area contributed by atoms with E-state index in [1.54, 1.807) is 16.7 Å². The number of amides is 1. The lowest BCUT2D eigenvalue weighted by atomic mass is 10.2. The van der Waals surface area contributed by atoms with Crippen LogP contribution in [-0.4, -0.2) is 37.2 Å². The molecule has 1 unspecified atom stereocenters. The average Bonchev–Trinajstić information content (AvgIpc) is 3.03. The minimum absolute atomic E-state index is 0.208. The first kappa shape index (κ1) is 21.4. The fraction of sp³-hybridized carbons (Fsp3) is 0.381. The van der Waals surface area contributed by atoms with Crippen LogP contribution in [0.15, 0.2) is 42.5 Å². The number of anilines is 1. The molecule has 156 valence electrons. The van der Waals surface area contributed by atoms with E-state index < -0.39 is 17.8 Å². The Labute approximate surface area is 172 Å². The Hall–Kier alpha value is -2.35. The van der Waals surface area contributed by atoms with Gasteiger partial charge in [0.2, 0.25) is 0 Å². The van der Waals surface area contributed by atoms with Gasteiger partial charge in [0, 0.05) is 24.4 Å². The summed E-state index contributed by atoms with van der Waals surface area (Å²) in [5, 5.41) is 0. The highest BCUT2D eigenvalue weighted by Crippen LogP contribution is 2.32. The van der Waals surface area contributed by atoms with Gasteiger partial charge in [-0.15, -0.1) is 0 Å². The van der Waals surface area contributed by atoms with Crippen LogP contribution in [0.4, 0.5) is 18.9 Å². The van der Waals surface area contributed by atoms with Crippen molar-refractivity contribution in [1.82, 2.24) is 0 Å². The number of nitrogens with zero attached hydrogens (tertiary/aromatic N) is 1. The quantitative estimate of drug-likeness (QED) is 0.589. The molecule has 1 amide bonds. The molecule has 0 aromatic heterocycles. The average molecular weight is 425 g/mol. The Morgan fingerprint density at radius 1 is 1.17 bits per heavy atom. The number of benzene rings is 2. The van der Waals surface area contributed by atoms with Gasteiger partial charge < -0.3 is 14.4 Å². The maximum absolute atomic E-state index is 12.7. The van der Waals surface area contributed by atoms with Crippen LogP contribution in [-0.2, 0) is 11.0 Å². The Morgan fingerprint density at radius 3 is 2.52 bits per heavy atom. The van der Waals surface area contributed by atoms with E-state index in [4.69, 9.17) is 9.47 Å². The summed E-state index contributed by atoms with van der Waals surface area (Å²) >= 11 is 1.71. The first-order chi connectivity index (χ1) is 13.8. The minimum Gasteiger partial charge on any atom is -0.492 e. The topological polar surface area (TPSA) is 38.8 Å². The molecule has 1 saturated heterocycles. The molecule has 4 nitrogen and oxygen atoms in total. The molecule has 8 heteroatoms. The fourth-order valence-electron chi connectivity index (χ4n) is 3.10. The van der Waals surface area contributed by atoms with Crippen LogP contribution in [0.5, 0.6) is 11.5 Å². The van der Waals surface area contributed by atoms with E-state index in [9.17, 15) is 18.0 Å². The van der Waals surface area contributed by atoms with Crippen LogP contribution < -0.4 is 14.4 Å². The maximum atomic E-state index is 12.7. The van der Waals surface area contributed by atoms with Gasteiger partial charge in [0.1, 0.15) is 11.5 Å². The summed E-state index contributed by atoms with van der Waals surface area (Å²) in [6.45, 7) is 3.03. The molecule has 1 aliphatic heterocycles. The van der Waals surface area contributed by atoms with Gasteiger partial charge in [0.25, 0.3) is 5.91 Å². The fourth-order valence-corrected chi connectivity index (χ4v) is 3.35. The van der Waals surface area contributed by atoms with E-state index in [-0.39, 0.29) is 11.7 Å². The second-order valence-electron chi connectivity index (χ2n) is 6.70. The molecule has 1 heterocycles. The number of hydrogen-bond acceptors (Lipinski definition) is 4. The predicted molar refractivity (Wildman–Crippen MR) is 108 cm³/mol. The van der Waals surface area contributed by atoms with Crippen molar-refractivity contribution in [3.63, 3.8) is 0 Å². The molecule has 0 saturated carbocycles. The highest BCUT2D eigenvalue weighted by molar-refractivity contribution is 7.98. The molecule has 2 aromatic carbocycles. The molecule has 29 heavy (non-hydrogen) atoms. The monoisotopic (exact) mass is 425 g/mol. The summed E-state index contributed by atoms with van der Waals surface area (Å²) in [6.07, 6.45) is -2.64. The van der Waals surface area contributed by atoms with E-state index in [0.717, 1.165) is 34.9 Å². The highest BCUT2D eigenvalue weighted by Gasteiger charge is 2.35. The zero-order valence-corrected chi connectivity index (χ0v) is 17.0. The molecule has 2 aromatic rings. The Morgan fingerprint density at radius 2 is 1.90 bits per heavy atom. The number of carbonyl (C=O) groups excluding carboxylic acids is 1. The molecular weight excluding hydrogens is 403 g/mol. The number of ether oxygens (including phenoxy) is 2. The van der Waals surface area contributed by atoms with Crippen molar-refractivity contribution in [2.45, 2.75) is 25.6 Å².